The van der Waals surface area contributed by atoms with Crippen molar-refractivity contribution in [1.29, 1.82) is 0 Å². The zero-order chi connectivity index (χ0) is 56.4. The number of hydrogen-bond donors (Lipinski definition) is 8. The number of carbonyl (C=O) groups excluding carboxylic acids is 5. The van der Waals surface area contributed by atoms with Gasteiger partial charge in [-0.05, 0) is 98.2 Å². The molecule has 1 aliphatic heterocycles. The van der Waals surface area contributed by atoms with Crippen LogP contribution >= 0.6 is 18.1 Å². The number of rotatable bonds is 35. The molecule has 0 bridgehead atoms. The van der Waals surface area contributed by atoms with Gasteiger partial charge in [0.2, 0.25) is 18.2 Å². The van der Waals surface area contributed by atoms with Crippen molar-refractivity contribution >= 4 is 92.8 Å². The van der Waals surface area contributed by atoms with E-state index in [2.05, 4.69) is 33.1 Å². The number of nitrogens with zero attached hydrogens (tertiary/aromatic N) is 2. The molecule has 1 atom stereocenters. The van der Waals surface area contributed by atoms with Crippen LogP contribution in [0.25, 0.3) is 21.5 Å². The van der Waals surface area contributed by atoms with Crippen molar-refractivity contribution in [1.82, 2.24) is 21.0 Å². The standard InChI is InChI=1S/C56H73N8O12PS2/c1-40(14-10-12-25-59-39-65)61-55(68)46-37-43(21-22-47(46)62-56(69)50-36-41-15-5-9-20-49(41)79-50)75-35-34-74-33-32-73-31-30-72-29-27-64(58)54-44-17-6-4-16-42(44)38-63(48-19-8-7-18-45(48)53(54)57)52(67)24-23-51(66)60-26-11-2-3-13-28-76-77(70,71)78/h4-9,15-22,36-37,39-40H,2-3,10-14,23-35,38,57-58H2,1H3,(H,59,65)(H,60,66)(H,61,68)(H,62,69)(H2,70,71,78)/b54-53-. The van der Waals surface area contributed by atoms with E-state index in [4.69, 9.17) is 44.8 Å². The summed E-state index contributed by atoms with van der Waals surface area (Å²) in [6.45, 7) is 1.96. The first-order valence-corrected chi connectivity index (χ1v) is 29.9. The van der Waals surface area contributed by atoms with E-state index >= 15 is 0 Å². The first-order valence-electron chi connectivity index (χ1n) is 26.5. The molecule has 4 aromatic carbocycles. The number of hydrogen-bond acceptors (Lipinski definition) is 15. The Morgan fingerprint density at radius 2 is 1.47 bits per heavy atom. The van der Waals surface area contributed by atoms with E-state index in [-0.39, 0.29) is 81.0 Å². The molecule has 6 rings (SSSR count). The van der Waals surface area contributed by atoms with Crippen LogP contribution in [0.1, 0.15) is 101 Å². The number of hydrazine groups is 1. The number of carbonyl (C=O) groups is 5. The second-order valence-corrected chi connectivity index (χ2v) is 22.4. The smallest absolute Gasteiger partial charge is 0.321 e. The number of fused-ring (bicyclic) bond motifs is 3. The Balaban J connectivity index is 0.915. The monoisotopic (exact) mass is 1140 g/mol. The zero-order valence-corrected chi connectivity index (χ0v) is 47.1. The lowest BCUT2D eigenvalue weighted by Gasteiger charge is -2.33. The van der Waals surface area contributed by atoms with Crippen molar-refractivity contribution in [2.75, 3.05) is 82.7 Å². The summed E-state index contributed by atoms with van der Waals surface area (Å²) in [7, 11) is 0. The lowest BCUT2D eigenvalue weighted by molar-refractivity contribution is -0.125. The molecule has 0 radical (unpaired) electrons. The highest BCUT2D eigenvalue weighted by Gasteiger charge is 2.28. The number of thiophene rings is 1. The van der Waals surface area contributed by atoms with Crippen molar-refractivity contribution in [3.8, 4) is 5.75 Å². The highest BCUT2D eigenvalue weighted by atomic mass is 32.5. The molecule has 426 valence electrons. The van der Waals surface area contributed by atoms with Gasteiger partial charge in [0.15, 0.2) is 0 Å². The summed E-state index contributed by atoms with van der Waals surface area (Å²) in [6.07, 6.45) is 5.91. The van der Waals surface area contributed by atoms with E-state index in [1.807, 2.05) is 85.8 Å². The number of unbranched alkanes of at least 4 members (excludes halogenated alkanes) is 4. The largest absolute Gasteiger partial charge is 0.491 e. The molecular weight excluding hydrogens is 1070 g/mol. The van der Waals surface area contributed by atoms with Crippen LogP contribution in [0.15, 0.2) is 97.1 Å². The Bertz CT molecular complexity index is 2850. The molecule has 20 nitrogen and oxygen atoms in total. The zero-order valence-electron chi connectivity index (χ0n) is 44.5. The van der Waals surface area contributed by atoms with Crippen molar-refractivity contribution in [3.05, 3.63) is 124 Å². The molecule has 10 N–H and O–H groups in total. The Labute approximate surface area is 470 Å². The molecule has 2 heterocycles. The first-order chi connectivity index (χ1) is 38.2. The molecule has 5 aromatic rings. The quantitative estimate of drug-likeness (QED) is 0.00680. The predicted octanol–water partition coefficient (Wildman–Crippen LogP) is 6.81. The van der Waals surface area contributed by atoms with Crippen LogP contribution in [-0.4, -0.2) is 123 Å². The predicted molar refractivity (Wildman–Crippen MR) is 310 cm³/mol. The van der Waals surface area contributed by atoms with E-state index in [0.717, 1.165) is 53.3 Å². The van der Waals surface area contributed by atoms with Gasteiger partial charge in [0.25, 0.3) is 11.8 Å². The third-order valence-corrected chi connectivity index (χ3v) is 14.6. The van der Waals surface area contributed by atoms with Gasteiger partial charge in [0.05, 0.1) is 92.5 Å². The fourth-order valence-electron chi connectivity index (χ4n) is 8.65. The van der Waals surface area contributed by atoms with Gasteiger partial charge in [0, 0.05) is 47.8 Å². The van der Waals surface area contributed by atoms with Crippen molar-refractivity contribution in [3.63, 3.8) is 0 Å². The van der Waals surface area contributed by atoms with Gasteiger partial charge in [-0.2, -0.15) is 0 Å². The van der Waals surface area contributed by atoms with Gasteiger partial charge in [-0.25, -0.2) is 5.84 Å². The van der Waals surface area contributed by atoms with Crippen molar-refractivity contribution < 1.29 is 57.2 Å². The summed E-state index contributed by atoms with van der Waals surface area (Å²) in [4.78, 5) is 84.7. The molecular formula is C56H73N8O12PS2. The van der Waals surface area contributed by atoms with Crippen LogP contribution < -0.4 is 42.5 Å². The molecule has 79 heavy (non-hydrogen) atoms. The van der Waals surface area contributed by atoms with Crippen molar-refractivity contribution in [2.45, 2.75) is 77.3 Å². The van der Waals surface area contributed by atoms with E-state index in [1.165, 1.54) is 11.3 Å². The third-order valence-electron chi connectivity index (χ3n) is 12.7. The number of nitrogens with one attached hydrogen (secondary N) is 4. The number of ether oxygens (including phenoxy) is 4. The van der Waals surface area contributed by atoms with E-state index < -0.39 is 6.72 Å². The third kappa shape index (κ3) is 20.4. The first kappa shape index (κ1) is 61.9. The summed E-state index contributed by atoms with van der Waals surface area (Å²) < 4.78 is 29.1. The Morgan fingerprint density at radius 3 is 2.23 bits per heavy atom. The van der Waals surface area contributed by atoms with Gasteiger partial charge in [0.1, 0.15) is 12.4 Å². The lowest BCUT2D eigenvalue weighted by atomic mass is 9.95. The molecule has 5 amide bonds. The summed E-state index contributed by atoms with van der Waals surface area (Å²) in [5.41, 5.74) is 11.3. The number of nitrogens with two attached hydrogens (primary N) is 2. The lowest BCUT2D eigenvalue weighted by Crippen LogP contribution is -2.38. The van der Waals surface area contributed by atoms with Crippen LogP contribution in [0.4, 0.5) is 11.4 Å². The van der Waals surface area contributed by atoms with Gasteiger partial charge in [-0.15, -0.1) is 11.3 Å². The molecule has 1 aromatic heterocycles. The maximum Gasteiger partial charge on any atom is 0.321 e. The second-order valence-electron chi connectivity index (χ2n) is 18.6. The van der Waals surface area contributed by atoms with Gasteiger partial charge in [-0.1, -0.05) is 73.5 Å². The minimum absolute atomic E-state index is 0.0107. The highest BCUT2D eigenvalue weighted by Crippen LogP contribution is 2.38. The number of benzene rings is 4. The molecule has 0 aliphatic carbocycles. The van der Waals surface area contributed by atoms with Crippen LogP contribution in [0.2, 0.25) is 0 Å². The Morgan fingerprint density at radius 1 is 0.785 bits per heavy atom. The van der Waals surface area contributed by atoms with Gasteiger partial charge < -0.3 is 70.2 Å². The molecule has 0 spiro atoms. The summed E-state index contributed by atoms with van der Waals surface area (Å²) in [6, 6.07) is 29.4. The van der Waals surface area contributed by atoms with Crippen LogP contribution in [-0.2, 0) is 51.5 Å². The topological polar surface area (TPSA) is 279 Å². The SMILES string of the molecule is CC(CCCCNC=O)NC(=O)c1cc(OCCOCCOCCOCCN(N)/C2=C(\N)c3ccccc3N(C(=O)CCC(=O)NCCCCCCOP(O)(O)=S)Cc3ccccc32)ccc1NC(=O)c1cc2ccccc2s1. The minimum Gasteiger partial charge on any atom is -0.491 e. The average Bonchev–Trinajstić information content (AvgIpc) is 3.98. The molecule has 0 saturated heterocycles. The molecule has 1 aliphatic rings. The van der Waals surface area contributed by atoms with Gasteiger partial charge >= 0.3 is 6.72 Å². The van der Waals surface area contributed by atoms with Crippen LogP contribution in [0.5, 0.6) is 5.75 Å². The fourth-order valence-corrected chi connectivity index (χ4v) is 10.2. The molecule has 0 fully saturated rings. The Kier molecular flexibility index (Phi) is 25.6. The fraction of sp³-hybridized carbons (Fsp3) is 0.411. The molecule has 0 saturated carbocycles. The Hall–Kier alpha value is -6.30. The summed E-state index contributed by atoms with van der Waals surface area (Å²) in [5.74, 6) is 6.04. The van der Waals surface area contributed by atoms with E-state index in [0.29, 0.717) is 104 Å². The van der Waals surface area contributed by atoms with Crippen LogP contribution in [0.3, 0.4) is 0 Å². The highest BCUT2D eigenvalue weighted by molar-refractivity contribution is 8.06. The maximum absolute atomic E-state index is 13.9. The van der Waals surface area contributed by atoms with Gasteiger partial charge in [-0.3, -0.25) is 24.0 Å². The van der Waals surface area contributed by atoms with Crippen LogP contribution in [0, 0.1) is 0 Å². The minimum atomic E-state index is -3.64. The van der Waals surface area contributed by atoms with E-state index in [1.54, 1.807) is 28.1 Å². The molecule has 1 unspecified atom stereocenters. The normalized spacial score (nSPS) is 13.6. The second kappa shape index (κ2) is 32.7. The number of anilines is 2. The van der Waals surface area contributed by atoms with Crippen molar-refractivity contribution in [2.24, 2.45) is 11.6 Å². The number of para-hydroxylation sites is 1. The van der Waals surface area contributed by atoms with E-state index in [9.17, 15) is 24.0 Å². The maximum atomic E-state index is 13.9. The summed E-state index contributed by atoms with van der Waals surface area (Å²) in [5, 5.41) is 14.0. The average molecular weight is 1150 g/mol. The number of amides is 5. The summed E-state index contributed by atoms with van der Waals surface area (Å²) >= 11 is 5.82. The molecule has 23 heteroatoms.